The average molecular weight is 209 g/mol. The first-order chi connectivity index (χ1) is 7.45. The zero-order chi connectivity index (χ0) is 10.3. The normalized spacial score (nSPS) is 20.9. The highest BCUT2D eigenvalue weighted by atomic mass is 16.5. The van der Waals surface area contributed by atoms with Crippen LogP contribution in [0.3, 0.4) is 0 Å². The lowest BCUT2D eigenvalue weighted by molar-refractivity contribution is 0.110. The topological polar surface area (TPSA) is 39.1 Å². The molecule has 2 rings (SSSR count). The Morgan fingerprint density at radius 3 is 3.27 bits per heavy atom. The summed E-state index contributed by atoms with van der Waals surface area (Å²) in [4.78, 5) is 4.01. The lowest BCUT2D eigenvalue weighted by atomic mass is 10.2. The predicted octanol–water partition coefficient (Wildman–Crippen LogP) is 1.04. The summed E-state index contributed by atoms with van der Waals surface area (Å²) in [5.74, 6) is 0. The van der Waals surface area contributed by atoms with Gasteiger partial charge in [-0.15, -0.1) is 0 Å². The first kappa shape index (κ1) is 10.6. The van der Waals surface area contributed by atoms with Crippen molar-refractivity contribution in [2.45, 2.75) is 31.9 Å². The van der Waals surface area contributed by atoms with E-state index in [9.17, 15) is 0 Å². The summed E-state index contributed by atoms with van der Waals surface area (Å²) in [6, 6.07) is 0. The average Bonchev–Trinajstić information content (AvgIpc) is 2.88. The Kier molecular flexibility index (Phi) is 4.17. The number of ether oxygens (including phenoxy) is 1. The van der Waals surface area contributed by atoms with E-state index in [-0.39, 0.29) is 0 Å². The van der Waals surface area contributed by atoms with Gasteiger partial charge < -0.3 is 14.6 Å². The zero-order valence-electron chi connectivity index (χ0n) is 9.06. The number of aryl methyl sites for hydroxylation is 1. The number of aromatic nitrogens is 2. The monoisotopic (exact) mass is 209 g/mol. The van der Waals surface area contributed by atoms with E-state index in [1.54, 1.807) is 0 Å². The largest absolute Gasteiger partial charge is 0.377 e. The lowest BCUT2D eigenvalue weighted by Crippen LogP contribution is -2.27. The van der Waals surface area contributed by atoms with E-state index in [0.717, 1.165) is 32.7 Å². The van der Waals surface area contributed by atoms with Gasteiger partial charge in [-0.1, -0.05) is 0 Å². The molecule has 1 aliphatic heterocycles. The quantitative estimate of drug-likeness (QED) is 0.712. The van der Waals surface area contributed by atoms with Crippen LogP contribution in [0.1, 0.15) is 19.3 Å². The van der Waals surface area contributed by atoms with Crippen LogP contribution in [0.4, 0.5) is 0 Å². The van der Waals surface area contributed by atoms with Gasteiger partial charge in [0.15, 0.2) is 0 Å². The number of imidazole rings is 1. The highest BCUT2D eigenvalue weighted by molar-refractivity contribution is 4.74. The molecule has 84 valence electrons. The van der Waals surface area contributed by atoms with Crippen LogP contribution >= 0.6 is 0 Å². The first-order valence-corrected chi connectivity index (χ1v) is 5.73. The van der Waals surface area contributed by atoms with Gasteiger partial charge >= 0.3 is 0 Å². The molecule has 1 saturated heterocycles. The molecule has 0 saturated carbocycles. The molecule has 0 radical (unpaired) electrons. The molecule has 2 heterocycles. The fourth-order valence-corrected chi connectivity index (χ4v) is 1.87. The van der Waals surface area contributed by atoms with Crippen LogP contribution in [0.2, 0.25) is 0 Å². The fourth-order valence-electron chi connectivity index (χ4n) is 1.87. The molecule has 0 aromatic carbocycles. The highest BCUT2D eigenvalue weighted by Gasteiger charge is 2.13. The summed E-state index contributed by atoms with van der Waals surface area (Å²) < 4.78 is 7.63. The van der Waals surface area contributed by atoms with Crippen LogP contribution < -0.4 is 5.32 Å². The molecular formula is C11H19N3O. The molecule has 0 amide bonds. The Hall–Kier alpha value is -0.870. The molecule has 4 nitrogen and oxygen atoms in total. The van der Waals surface area contributed by atoms with Gasteiger partial charge in [-0.2, -0.15) is 0 Å². The second kappa shape index (κ2) is 5.88. The molecule has 1 aromatic heterocycles. The van der Waals surface area contributed by atoms with E-state index >= 15 is 0 Å². The van der Waals surface area contributed by atoms with E-state index in [1.165, 1.54) is 12.8 Å². The molecule has 1 N–H and O–H groups in total. The van der Waals surface area contributed by atoms with Crippen molar-refractivity contribution in [1.29, 1.82) is 0 Å². The van der Waals surface area contributed by atoms with Gasteiger partial charge in [0, 0.05) is 32.1 Å². The van der Waals surface area contributed by atoms with E-state index in [4.69, 9.17) is 4.74 Å². The summed E-state index contributed by atoms with van der Waals surface area (Å²) in [6.07, 6.45) is 9.72. The van der Waals surface area contributed by atoms with Crippen LogP contribution in [0.5, 0.6) is 0 Å². The van der Waals surface area contributed by atoms with Crippen LogP contribution in [-0.2, 0) is 11.3 Å². The van der Waals surface area contributed by atoms with Crippen LogP contribution in [0.15, 0.2) is 18.7 Å². The molecule has 1 atom stereocenters. The SMILES string of the molecule is c1cn(CCCNCC2CCCO2)cn1. The van der Waals surface area contributed by atoms with Gasteiger partial charge in [-0.05, 0) is 25.8 Å². The maximum absolute atomic E-state index is 5.53. The fraction of sp³-hybridized carbons (Fsp3) is 0.727. The Morgan fingerprint density at radius 1 is 1.53 bits per heavy atom. The number of hydrogen-bond donors (Lipinski definition) is 1. The summed E-state index contributed by atoms with van der Waals surface area (Å²) in [5, 5.41) is 3.43. The van der Waals surface area contributed by atoms with Gasteiger partial charge in [-0.25, -0.2) is 4.98 Å². The van der Waals surface area contributed by atoms with Gasteiger partial charge in [0.1, 0.15) is 0 Å². The third-order valence-corrected chi connectivity index (χ3v) is 2.73. The summed E-state index contributed by atoms with van der Waals surface area (Å²) in [6.45, 7) is 4.04. The molecule has 1 aliphatic rings. The van der Waals surface area contributed by atoms with Crippen LogP contribution in [0, 0.1) is 0 Å². The van der Waals surface area contributed by atoms with Crippen molar-refractivity contribution in [1.82, 2.24) is 14.9 Å². The zero-order valence-corrected chi connectivity index (χ0v) is 9.06. The second-order valence-electron chi connectivity index (χ2n) is 3.99. The van der Waals surface area contributed by atoms with E-state index < -0.39 is 0 Å². The van der Waals surface area contributed by atoms with Crippen molar-refractivity contribution in [3.05, 3.63) is 18.7 Å². The van der Waals surface area contributed by atoms with Crippen molar-refractivity contribution in [2.24, 2.45) is 0 Å². The molecule has 1 fully saturated rings. The number of nitrogens with one attached hydrogen (secondary N) is 1. The Labute approximate surface area is 90.6 Å². The smallest absolute Gasteiger partial charge is 0.0945 e. The molecule has 15 heavy (non-hydrogen) atoms. The first-order valence-electron chi connectivity index (χ1n) is 5.73. The van der Waals surface area contributed by atoms with E-state index in [0.29, 0.717) is 6.10 Å². The molecule has 1 aromatic rings. The van der Waals surface area contributed by atoms with E-state index in [2.05, 4.69) is 14.9 Å². The summed E-state index contributed by atoms with van der Waals surface area (Å²) in [5.41, 5.74) is 0. The Morgan fingerprint density at radius 2 is 2.53 bits per heavy atom. The maximum Gasteiger partial charge on any atom is 0.0945 e. The van der Waals surface area contributed by atoms with Crippen LogP contribution in [-0.4, -0.2) is 35.4 Å². The Bertz CT molecular complexity index is 255. The third-order valence-electron chi connectivity index (χ3n) is 2.73. The predicted molar refractivity (Wildman–Crippen MR) is 58.7 cm³/mol. The number of rotatable bonds is 6. The summed E-state index contributed by atoms with van der Waals surface area (Å²) >= 11 is 0. The standard InChI is InChI=1S/C11H19N3O/c1-3-11(15-8-1)9-12-4-2-6-14-7-5-13-10-14/h5,7,10-12H,1-4,6,8-9H2. The highest BCUT2D eigenvalue weighted by Crippen LogP contribution is 2.10. The van der Waals surface area contributed by atoms with Crippen molar-refractivity contribution in [3.63, 3.8) is 0 Å². The molecule has 0 spiro atoms. The van der Waals surface area contributed by atoms with Gasteiger partial charge in [0.25, 0.3) is 0 Å². The van der Waals surface area contributed by atoms with Crippen molar-refractivity contribution in [3.8, 4) is 0 Å². The molecule has 0 bridgehead atoms. The lowest BCUT2D eigenvalue weighted by Gasteiger charge is -2.10. The molecule has 1 unspecified atom stereocenters. The molecular weight excluding hydrogens is 190 g/mol. The third kappa shape index (κ3) is 3.64. The Balaban J connectivity index is 1.48. The maximum atomic E-state index is 5.53. The minimum absolute atomic E-state index is 0.457. The van der Waals surface area contributed by atoms with Crippen molar-refractivity contribution < 1.29 is 4.74 Å². The van der Waals surface area contributed by atoms with Crippen LogP contribution in [0.25, 0.3) is 0 Å². The number of hydrogen-bond acceptors (Lipinski definition) is 3. The van der Waals surface area contributed by atoms with Gasteiger partial charge in [-0.3, -0.25) is 0 Å². The molecule has 0 aliphatic carbocycles. The second-order valence-corrected chi connectivity index (χ2v) is 3.99. The van der Waals surface area contributed by atoms with Gasteiger partial charge in [0.2, 0.25) is 0 Å². The minimum Gasteiger partial charge on any atom is -0.377 e. The molecule has 4 heteroatoms. The number of nitrogens with zero attached hydrogens (tertiary/aromatic N) is 2. The van der Waals surface area contributed by atoms with Gasteiger partial charge in [0.05, 0.1) is 12.4 Å². The van der Waals surface area contributed by atoms with Crippen molar-refractivity contribution in [2.75, 3.05) is 19.7 Å². The minimum atomic E-state index is 0.457. The van der Waals surface area contributed by atoms with E-state index in [1.807, 2.05) is 18.7 Å². The summed E-state index contributed by atoms with van der Waals surface area (Å²) in [7, 11) is 0. The van der Waals surface area contributed by atoms with Crippen molar-refractivity contribution >= 4 is 0 Å².